The second kappa shape index (κ2) is 13.6. The maximum atomic E-state index is 12.6. The molecule has 5 atom stereocenters. The maximum absolute atomic E-state index is 12.6. The summed E-state index contributed by atoms with van der Waals surface area (Å²) in [5.41, 5.74) is 0.184. The van der Waals surface area contributed by atoms with Crippen molar-refractivity contribution in [3.63, 3.8) is 0 Å². The summed E-state index contributed by atoms with van der Waals surface area (Å²) in [4.78, 5) is 30.3. The van der Waals surface area contributed by atoms with E-state index >= 15 is 0 Å². The Balaban J connectivity index is 1.68. The van der Waals surface area contributed by atoms with Crippen LogP contribution in [0.25, 0.3) is 0 Å². The van der Waals surface area contributed by atoms with Gasteiger partial charge in [0.2, 0.25) is 0 Å². The summed E-state index contributed by atoms with van der Waals surface area (Å²) in [6, 6.07) is 7.61. The number of thioether (sulfide) groups is 1. The zero-order valence-corrected chi connectivity index (χ0v) is 24.2. The molecule has 11 heteroatoms. The number of nitrogens with one attached hydrogen (secondary N) is 1. The highest BCUT2D eigenvalue weighted by atomic mass is 32.2. The molecule has 1 fully saturated rings. The normalized spacial score (nSPS) is 24.8. The minimum atomic E-state index is -0.600. The van der Waals surface area contributed by atoms with Crippen molar-refractivity contribution < 1.29 is 33.3 Å². The van der Waals surface area contributed by atoms with E-state index in [0.29, 0.717) is 37.7 Å². The number of nitrogens with zero attached hydrogens (tertiary/aromatic N) is 2. The lowest BCUT2D eigenvalue weighted by molar-refractivity contribution is -0.149. The summed E-state index contributed by atoms with van der Waals surface area (Å²) in [5.74, 6) is 0.601. The van der Waals surface area contributed by atoms with Crippen LogP contribution in [0.15, 0.2) is 29.3 Å². The van der Waals surface area contributed by atoms with Gasteiger partial charge in [0.15, 0.2) is 5.17 Å². The molecule has 2 aliphatic rings. The van der Waals surface area contributed by atoms with Gasteiger partial charge in [-0.1, -0.05) is 30.8 Å². The molecule has 1 saturated heterocycles. The fourth-order valence-electron chi connectivity index (χ4n) is 4.26. The number of amidine groups is 1. The predicted octanol–water partition coefficient (Wildman–Crippen LogP) is 3.82. The lowest BCUT2D eigenvalue weighted by Gasteiger charge is -2.42. The number of amides is 1. The van der Waals surface area contributed by atoms with Crippen molar-refractivity contribution in [2.45, 2.75) is 76.4 Å². The summed E-state index contributed by atoms with van der Waals surface area (Å²) in [6.07, 6.45) is 0.100. The van der Waals surface area contributed by atoms with E-state index in [-0.39, 0.29) is 35.6 Å². The lowest BCUT2D eigenvalue weighted by atomic mass is 9.89. The van der Waals surface area contributed by atoms with Crippen LogP contribution in [0.5, 0.6) is 5.75 Å². The number of carbonyl (C=O) groups excluding carboxylic acids is 2. The van der Waals surface area contributed by atoms with Crippen LogP contribution < -0.4 is 10.1 Å². The molecule has 0 bridgehead atoms. The Morgan fingerprint density at radius 1 is 1.18 bits per heavy atom. The summed E-state index contributed by atoms with van der Waals surface area (Å²) in [6.45, 7) is 9.24. The van der Waals surface area contributed by atoms with Gasteiger partial charge >= 0.3 is 12.1 Å². The summed E-state index contributed by atoms with van der Waals surface area (Å²) >= 11 is 1.43. The molecule has 0 unspecified atom stereocenters. The molecule has 0 saturated carbocycles. The van der Waals surface area contributed by atoms with Gasteiger partial charge in [-0.15, -0.1) is 0 Å². The zero-order chi connectivity index (χ0) is 27.9. The van der Waals surface area contributed by atoms with Crippen molar-refractivity contribution in [1.82, 2.24) is 10.2 Å². The number of aliphatic imine (C=N–C) groups is 1. The van der Waals surface area contributed by atoms with Crippen LogP contribution in [0.1, 0.15) is 46.1 Å². The van der Waals surface area contributed by atoms with E-state index in [0.717, 1.165) is 11.3 Å². The molecule has 1 aromatic rings. The van der Waals surface area contributed by atoms with Crippen molar-refractivity contribution in [2.75, 3.05) is 34.4 Å². The van der Waals surface area contributed by atoms with Crippen molar-refractivity contribution in [1.29, 1.82) is 0 Å². The first-order chi connectivity index (χ1) is 18.0. The Bertz CT molecular complexity index is 966. The van der Waals surface area contributed by atoms with Crippen LogP contribution in [0.4, 0.5) is 4.79 Å². The number of carbonyl (C=O) groups is 2. The molecule has 0 aromatic heterocycles. The van der Waals surface area contributed by atoms with Gasteiger partial charge in [0, 0.05) is 25.9 Å². The number of benzene rings is 1. The van der Waals surface area contributed by atoms with Crippen LogP contribution in [-0.4, -0.2) is 85.8 Å². The molecular weight excluding hydrogens is 510 g/mol. The average Bonchev–Trinajstić information content (AvgIpc) is 3.31. The Labute approximate surface area is 229 Å². The third-order valence-corrected chi connectivity index (χ3v) is 7.57. The van der Waals surface area contributed by atoms with Gasteiger partial charge in [0.1, 0.15) is 16.8 Å². The topological polar surface area (TPSA) is 108 Å². The molecule has 38 heavy (non-hydrogen) atoms. The predicted molar refractivity (Wildman–Crippen MR) is 146 cm³/mol. The van der Waals surface area contributed by atoms with E-state index in [9.17, 15) is 9.59 Å². The number of hydrogen-bond donors (Lipinski definition) is 1. The second-order valence-corrected chi connectivity index (χ2v) is 11.5. The van der Waals surface area contributed by atoms with Crippen LogP contribution in [0.2, 0.25) is 0 Å². The van der Waals surface area contributed by atoms with Crippen molar-refractivity contribution >= 4 is 29.0 Å². The van der Waals surface area contributed by atoms with E-state index in [1.54, 1.807) is 14.2 Å². The Morgan fingerprint density at radius 2 is 1.89 bits per heavy atom. The molecule has 2 aliphatic heterocycles. The number of fused-ring (bicyclic) bond motifs is 1. The number of hydrogen-bond acceptors (Lipinski definition) is 10. The maximum Gasteiger partial charge on any atom is 0.416 e. The standard InChI is InChI=1S/C27H41N3O7S/c1-17-22-24(38-25(29-22)30(5)26(32)37-27(2,3)4)36-20(15-28-14-8-9-21(31)34-7)23(17)35-16-18-10-12-19(33-6)13-11-18/h10-13,17,20,22-24,28H,8-9,14-16H2,1-7H3/t17-,20-,22-,23+,24-/m1/s1. The first-order valence-electron chi connectivity index (χ1n) is 12.9. The highest BCUT2D eigenvalue weighted by Gasteiger charge is 2.48. The largest absolute Gasteiger partial charge is 0.497 e. The zero-order valence-electron chi connectivity index (χ0n) is 23.4. The minimum Gasteiger partial charge on any atom is -0.497 e. The molecule has 0 spiro atoms. The molecule has 0 radical (unpaired) electrons. The van der Waals surface area contributed by atoms with Crippen molar-refractivity contribution in [3.05, 3.63) is 29.8 Å². The molecular formula is C27H41N3O7S. The molecule has 2 heterocycles. The van der Waals surface area contributed by atoms with Gasteiger partial charge in [0.25, 0.3) is 0 Å². The first-order valence-corrected chi connectivity index (χ1v) is 13.8. The average molecular weight is 552 g/mol. The molecule has 212 valence electrons. The van der Waals surface area contributed by atoms with E-state index in [1.165, 1.54) is 23.8 Å². The summed E-state index contributed by atoms with van der Waals surface area (Å²) < 4.78 is 28.4. The summed E-state index contributed by atoms with van der Waals surface area (Å²) in [5, 5.41) is 3.97. The molecule has 1 aromatic carbocycles. The van der Waals surface area contributed by atoms with Crippen LogP contribution in [-0.2, 0) is 30.3 Å². The van der Waals surface area contributed by atoms with Gasteiger partial charge in [0.05, 0.1) is 39.1 Å². The molecule has 3 rings (SSSR count). The lowest BCUT2D eigenvalue weighted by Crippen LogP contribution is -2.54. The minimum absolute atomic E-state index is 0.0332. The van der Waals surface area contributed by atoms with Gasteiger partial charge < -0.3 is 29.0 Å². The first kappa shape index (κ1) is 30.2. The van der Waals surface area contributed by atoms with Gasteiger partial charge in [-0.25, -0.2) is 4.79 Å². The Morgan fingerprint density at radius 3 is 2.53 bits per heavy atom. The highest BCUT2D eigenvalue weighted by molar-refractivity contribution is 8.14. The van der Waals surface area contributed by atoms with Crippen molar-refractivity contribution in [2.24, 2.45) is 10.9 Å². The van der Waals surface area contributed by atoms with E-state index in [1.807, 2.05) is 45.0 Å². The van der Waals surface area contributed by atoms with Crippen molar-refractivity contribution in [3.8, 4) is 5.75 Å². The number of rotatable bonds is 10. The summed E-state index contributed by atoms with van der Waals surface area (Å²) in [7, 11) is 4.70. The van der Waals surface area contributed by atoms with Gasteiger partial charge in [-0.05, 0) is 51.4 Å². The van der Waals surface area contributed by atoms with Crippen LogP contribution in [0, 0.1) is 5.92 Å². The highest BCUT2D eigenvalue weighted by Crippen LogP contribution is 2.41. The number of esters is 1. The second-order valence-electron chi connectivity index (χ2n) is 10.5. The Kier molecular flexibility index (Phi) is 10.8. The fraction of sp³-hybridized carbons (Fsp3) is 0.667. The smallest absolute Gasteiger partial charge is 0.416 e. The number of methoxy groups -OCH3 is 2. The SMILES string of the molecule is COC(=O)CCCNC[C@H]1O[C@@H]2SC(N(C)C(=O)OC(C)(C)C)=N[C@@H]2[C@@H](C)[C@@H]1OCc1ccc(OC)cc1. The fourth-order valence-corrected chi connectivity index (χ4v) is 5.53. The van der Waals surface area contributed by atoms with Gasteiger partial charge in [-0.3, -0.25) is 14.7 Å². The van der Waals surface area contributed by atoms with Gasteiger partial charge in [-0.2, -0.15) is 0 Å². The van der Waals surface area contributed by atoms with E-state index < -0.39 is 11.7 Å². The van der Waals surface area contributed by atoms with Crippen LogP contribution >= 0.6 is 11.8 Å². The van der Waals surface area contributed by atoms with Crippen LogP contribution in [0.3, 0.4) is 0 Å². The third kappa shape index (κ3) is 8.33. The molecule has 1 amide bonds. The van der Waals surface area contributed by atoms with E-state index in [2.05, 4.69) is 12.2 Å². The molecule has 1 N–H and O–H groups in total. The molecule has 0 aliphatic carbocycles. The quantitative estimate of drug-likeness (QED) is 0.343. The Hall–Kier alpha value is -2.34. The van der Waals surface area contributed by atoms with E-state index in [4.69, 9.17) is 28.7 Å². The number of ether oxygens (including phenoxy) is 5. The third-order valence-electron chi connectivity index (χ3n) is 6.36. The molecule has 10 nitrogen and oxygen atoms in total. The monoisotopic (exact) mass is 551 g/mol.